The van der Waals surface area contributed by atoms with Crippen LogP contribution in [0.15, 0.2) is 10.9 Å². The topological polar surface area (TPSA) is 47.3 Å². The molecule has 2 aromatic heterocycles. The molecule has 4 nitrogen and oxygen atoms in total. The van der Waals surface area contributed by atoms with Crippen molar-refractivity contribution in [2.24, 2.45) is 0 Å². The Balaban J connectivity index is 2.02. The lowest BCUT2D eigenvalue weighted by Crippen LogP contribution is -2.19. The SMILES string of the molecule is Cc1cc(=O)n2nc(CSCC[Si](C)(C)C)sc2n1. The van der Waals surface area contributed by atoms with E-state index in [0.717, 1.165) is 16.5 Å². The lowest BCUT2D eigenvalue weighted by atomic mass is 10.5. The van der Waals surface area contributed by atoms with Gasteiger partial charge in [-0.2, -0.15) is 21.4 Å². The zero-order chi connectivity index (χ0) is 14.0. The van der Waals surface area contributed by atoms with Gasteiger partial charge in [0.25, 0.3) is 5.56 Å². The molecule has 2 aromatic rings. The summed E-state index contributed by atoms with van der Waals surface area (Å²) in [5.41, 5.74) is 0.670. The Morgan fingerprint density at radius 3 is 2.84 bits per heavy atom. The summed E-state index contributed by atoms with van der Waals surface area (Å²) >= 11 is 3.41. The van der Waals surface area contributed by atoms with Crippen molar-refractivity contribution in [2.75, 3.05) is 5.75 Å². The average Bonchev–Trinajstić information content (AvgIpc) is 2.66. The molecule has 0 N–H and O–H groups in total. The molecular weight excluding hydrogens is 294 g/mol. The van der Waals surface area contributed by atoms with E-state index in [4.69, 9.17) is 0 Å². The summed E-state index contributed by atoms with van der Waals surface area (Å²) < 4.78 is 1.41. The number of fused-ring (bicyclic) bond motifs is 1. The van der Waals surface area contributed by atoms with Crippen LogP contribution in [0, 0.1) is 6.92 Å². The van der Waals surface area contributed by atoms with Crippen LogP contribution in [0.4, 0.5) is 0 Å². The largest absolute Gasteiger partial charge is 0.275 e. The number of nitrogens with zero attached hydrogens (tertiary/aromatic N) is 3. The minimum atomic E-state index is -0.949. The first-order valence-electron chi connectivity index (χ1n) is 6.29. The second-order valence-electron chi connectivity index (χ2n) is 5.79. The lowest BCUT2D eigenvalue weighted by Gasteiger charge is -2.14. The van der Waals surface area contributed by atoms with E-state index in [9.17, 15) is 4.79 Å². The summed E-state index contributed by atoms with van der Waals surface area (Å²) in [6, 6.07) is 2.84. The zero-order valence-corrected chi connectivity index (χ0v) is 14.4. The first-order chi connectivity index (χ1) is 8.85. The molecule has 0 atom stereocenters. The van der Waals surface area contributed by atoms with Gasteiger partial charge in [-0.3, -0.25) is 4.79 Å². The van der Waals surface area contributed by atoms with Crippen LogP contribution in [0.3, 0.4) is 0 Å². The van der Waals surface area contributed by atoms with E-state index in [0.29, 0.717) is 4.96 Å². The Kier molecular flexibility index (Phi) is 4.47. The third-order valence-corrected chi connectivity index (χ3v) is 6.81. The molecule has 0 spiro atoms. The highest BCUT2D eigenvalue weighted by atomic mass is 32.2. The number of rotatable bonds is 5. The average molecular weight is 314 g/mol. The van der Waals surface area contributed by atoms with Gasteiger partial charge in [0.1, 0.15) is 5.01 Å². The molecule has 0 unspecified atom stereocenters. The summed E-state index contributed by atoms with van der Waals surface area (Å²) in [6.07, 6.45) is 0. The van der Waals surface area contributed by atoms with Crippen LogP contribution >= 0.6 is 23.1 Å². The highest BCUT2D eigenvalue weighted by Crippen LogP contribution is 2.20. The van der Waals surface area contributed by atoms with Crippen LogP contribution in [0.5, 0.6) is 0 Å². The van der Waals surface area contributed by atoms with Crippen molar-refractivity contribution in [1.82, 2.24) is 14.6 Å². The van der Waals surface area contributed by atoms with Crippen molar-refractivity contribution in [1.29, 1.82) is 0 Å². The van der Waals surface area contributed by atoms with E-state index < -0.39 is 8.07 Å². The molecule has 2 heterocycles. The van der Waals surface area contributed by atoms with Crippen LogP contribution in [0.1, 0.15) is 10.7 Å². The molecule has 7 heteroatoms. The molecule has 0 bridgehead atoms. The van der Waals surface area contributed by atoms with Crippen LogP contribution in [0.25, 0.3) is 4.96 Å². The second-order valence-corrected chi connectivity index (χ2v) is 13.6. The van der Waals surface area contributed by atoms with Gasteiger partial charge in [0.15, 0.2) is 0 Å². The standard InChI is InChI=1S/C12H19N3OS2Si/c1-9-7-11(16)15-12(13-9)18-10(14-15)8-17-5-6-19(2,3)4/h7H,5-6,8H2,1-4H3. The number of hydrogen-bond donors (Lipinski definition) is 0. The lowest BCUT2D eigenvalue weighted by molar-refractivity contribution is 0.870. The van der Waals surface area contributed by atoms with Crippen molar-refractivity contribution in [3.8, 4) is 0 Å². The first kappa shape index (κ1) is 14.7. The van der Waals surface area contributed by atoms with E-state index >= 15 is 0 Å². The maximum absolute atomic E-state index is 11.7. The summed E-state index contributed by atoms with van der Waals surface area (Å²) in [4.78, 5) is 16.8. The maximum atomic E-state index is 11.7. The van der Waals surface area contributed by atoms with Gasteiger partial charge >= 0.3 is 0 Å². The molecule has 0 aromatic carbocycles. The van der Waals surface area contributed by atoms with Crippen LogP contribution < -0.4 is 5.56 Å². The number of aryl methyl sites for hydroxylation is 1. The molecule has 0 aliphatic carbocycles. The van der Waals surface area contributed by atoms with Crippen LogP contribution in [-0.2, 0) is 5.75 Å². The Hall–Kier alpha value is -0.663. The van der Waals surface area contributed by atoms with Gasteiger partial charge in [-0.05, 0) is 18.7 Å². The third-order valence-electron chi connectivity index (χ3n) is 2.64. The third kappa shape index (κ3) is 4.15. The van der Waals surface area contributed by atoms with E-state index in [1.54, 1.807) is 0 Å². The zero-order valence-electron chi connectivity index (χ0n) is 11.8. The minimum absolute atomic E-state index is 0.0860. The molecule has 0 radical (unpaired) electrons. The molecule has 0 saturated heterocycles. The van der Waals surface area contributed by atoms with Crippen LogP contribution in [-0.4, -0.2) is 28.4 Å². The highest BCUT2D eigenvalue weighted by molar-refractivity contribution is 7.98. The van der Waals surface area contributed by atoms with Crippen molar-refractivity contribution in [3.63, 3.8) is 0 Å². The molecule has 2 rings (SSSR count). The minimum Gasteiger partial charge on any atom is -0.267 e. The van der Waals surface area contributed by atoms with E-state index in [1.165, 1.54) is 33.7 Å². The Bertz CT molecular complexity index is 630. The smallest absolute Gasteiger partial charge is 0.267 e. The summed E-state index contributed by atoms with van der Waals surface area (Å²) in [5.74, 6) is 2.05. The van der Waals surface area contributed by atoms with Crippen molar-refractivity contribution in [2.45, 2.75) is 38.4 Å². The molecule has 0 fully saturated rings. The fourth-order valence-corrected chi connectivity index (χ4v) is 6.19. The fourth-order valence-electron chi connectivity index (χ4n) is 1.56. The molecule has 104 valence electrons. The van der Waals surface area contributed by atoms with Crippen molar-refractivity contribution < 1.29 is 0 Å². The summed E-state index contributed by atoms with van der Waals surface area (Å²) in [5, 5.41) is 5.32. The molecule has 0 aliphatic rings. The highest BCUT2D eigenvalue weighted by Gasteiger charge is 2.13. The normalized spacial score (nSPS) is 12.2. The monoisotopic (exact) mass is 313 g/mol. The van der Waals surface area contributed by atoms with Gasteiger partial charge in [-0.15, -0.1) is 0 Å². The van der Waals surface area contributed by atoms with Crippen molar-refractivity contribution >= 4 is 36.1 Å². The predicted molar refractivity (Wildman–Crippen MR) is 86.2 cm³/mol. The van der Waals surface area contributed by atoms with Gasteiger partial charge in [-0.25, -0.2) is 4.98 Å². The quantitative estimate of drug-likeness (QED) is 0.629. The van der Waals surface area contributed by atoms with Gasteiger partial charge in [0.05, 0.1) is 0 Å². The van der Waals surface area contributed by atoms with Gasteiger partial charge in [-0.1, -0.05) is 31.0 Å². The van der Waals surface area contributed by atoms with E-state index in [-0.39, 0.29) is 5.56 Å². The first-order valence-corrected chi connectivity index (χ1v) is 12.0. The van der Waals surface area contributed by atoms with Gasteiger partial charge < -0.3 is 0 Å². The molecular formula is C12H19N3OS2Si. The van der Waals surface area contributed by atoms with Crippen molar-refractivity contribution in [3.05, 3.63) is 27.1 Å². The second kappa shape index (κ2) is 5.76. The molecule has 19 heavy (non-hydrogen) atoms. The molecule has 0 aliphatic heterocycles. The Labute approximate surface area is 122 Å². The molecule has 0 amide bonds. The van der Waals surface area contributed by atoms with Crippen LogP contribution in [0.2, 0.25) is 25.7 Å². The van der Waals surface area contributed by atoms with E-state index in [2.05, 4.69) is 29.7 Å². The number of hydrogen-bond acceptors (Lipinski definition) is 5. The fraction of sp³-hybridized carbons (Fsp3) is 0.583. The molecule has 0 saturated carbocycles. The summed E-state index contributed by atoms with van der Waals surface area (Å²) in [6.45, 7) is 9.00. The Morgan fingerprint density at radius 1 is 1.42 bits per heavy atom. The van der Waals surface area contributed by atoms with Gasteiger partial charge in [0.2, 0.25) is 4.96 Å². The predicted octanol–water partition coefficient (Wildman–Crippen LogP) is 3.03. The Morgan fingerprint density at radius 2 is 2.16 bits per heavy atom. The van der Waals surface area contributed by atoms with Gasteiger partial charge in [0, 0.05) is 25.6 Å². The summed E-state index contributed by atoms with van der Waals surface area (Å²) in [7, 11) is -0.949. The van der Waals surface area contributed by atoms with E-state index in [1.807, 2.05) is 18.7 Å². The maximum Gasteiger partial charge on any atom is 0.275 e. The number of thioether (sulfide) groups is 1. The number of aromatic nitrogens is 3.